The fourth-order valence-electron chi connectivity index (χ4n) is 2.40. The lowest BCUT2D eigenvalue weighted by molar-refractivity contribution is 0.209. The van der Waals surface area contributed by atoms with Crippen molar-refractivity contribution in [2.45, 2.75) is 37.3 Å². The summed E-state index contributed by atoms with van der Waals surface area (Å²) < 4.78 is 0. The van der Waals surface area contributed by atoms with Gasteiger partial charge < -0.3 is 10.4 Å². The number of rotatable bonds is 4. The summed E-state index contributed by atoms with van der Waals surface area (Å²) >= 11 is 0. The van der Waals surface area contributed by atoms with Gasteiger partial charge >= 0.3 is 0 Å². The quantitative estimate of drug-likeness (QED) is 0.655. The molecule has 1 atom stereocenters. The van der Waals surface area contributed by atoms with Crippen LogP contribution in [0.4, 0.5) is 0 Å². The van der Waals surface area contributed by atoms with Crippen molar-refractivity contribution in [1.29, 1.82) is 0 Å². The highest BCUT2D eigenvalue weighted by molar-refractivity contribution is 5.00. The lowest BCUT2D eigenvalue weighted by Crippen LogP contribution is -2.46. The third-order valence-corrected chi connectivity index (χ3v) is 3.57. The molecule has 3 nitrogen and oxygen atoms in total. The molecule has 2 N–H and O–H groups in total. The highest BCUT2D eigenvalue weighted by Gasteiger charge is 2.41. The third-order valence-electron chi connectivity index (χ3n) is 3.57. The van der Waals surface area contributed by atoms with E-state index in [0.29, 0.717) is 6.61 Å². The van der Waals surface area contributed by atoms with Gasteiger partial charge in [0.05, 0.1) is 0 Å². The van der Waals surface area contributed by atoms with Crippen LogP contribution in [0.5, 0.6) is 0 Å². The number of aliphatic hydroxyl groups excluding tert-OH is 1. The Morgan fingerprint density at radius 1 is 1.54 bits per heavy atom. The molecule has 0 aromatic carbocycles. The minimum absolute atomic E-state index is 0.206. The van der Waals surface area contributed by atoms with Crippen LogP contribution in [-0.4, -0.2) is 48.3 Å². The van der Waals surface area contributed by atoms with Gasteiger partial charge in [0.15, 0.2) is 0 Å². The van der Waals surface area contributed by atoms with Gasteiger partial charge in [-0.05, 0) is 32.7 Å². The Balaban J connectivity index is 1.91. The van der Waals surface area contributed by atoms with Gasteiger partial charge in [0.2, 0.25) is 0 Å². The van der Waals surface area contributed by atoms with Gasteiger partial charge in [-0.3, -0.25) is 4.90 Å². The number of nitrogens with zero attached hydrogens (tertiary/aromatic N) is 1. The number of hydrogen-bond acceptors (Lipinski definition) is 3. The van der Waals surface area contributed by atoms with Crippen LogP contribution in [-0.2, 0) is 0 Å². The smallest absolute Gasteiger partial charge is 0.0449 e. The Morgan fingerprint density at radius 3 is 2.85 bits per heavy atom. The number of likely N-dealkylation sites (N-methyl/N-ethyl adjacent to an activating group) is 1. The first kappa shape index (κ1) is 9.44. The molecule has 1 heterocycles. The molecule has 76 valence electrons. The fourth-order valence-corrected chi connectivity index (χ4v) is 2.40. The Hall–Kier alpha value is -0.120. The van der Waals surface area contributed by atoms with Crippen LogP contribution < -0.4 is 5.32 Å². The van der Waals surface area contributed by atoms with Crippen LogP contribution in [0.2, 0.25) is 0 Å². The molecule has 1 unspecified atom stereocenters. The molecule has 1 saturated carbocycles. The maximum Gasteiger partial charge on any atom is 0.0449 e. The van der Waals surface area contributed by atoms with Crippen LogP contribution in [0.3, 0.4) is 0 Å². The maximum absolute atomic E-state index is 9.00. The van der Waals surface area contributed by atoms with Crippen LogP contribution in [0, 0.1) is 0 Å². The fraction of sp³-hybridized carbons (Fsp3) is 1.00. The van der Waals surface area contributed by atoms with E-state index in [1.807, 2.05) is 7.05 Å². The van der Waals surface area contributed by atoms with Crippen molar-refractivity contribution < 1.29 is 5.11 Å². The van der Waals surface area contributed by atoms with E-state index in [-0.39, 0.29) is 5.54 Å². The van der Waals surface area contributed by atoms with Crippen LogP contribution in [0.1, 0.15) is 25.7 Å². The first-order chi connectivity index (χ1) is 6.29. The molecule has 2 aliphatic rings. The standard InChI is InChI=1S/C10H20N2O/c1-11-10(5-7-13)4-6-12(8-10)9-2-3-9/h9,11,13H,2-8H2,1H3. The Kier molecular flexibility index (Phi) is 2.58. The van der Waals surface area contributed by atoms with E-state index in [0.717, 1.165) is 19.0 Å². The lowest BCUT2D eigenvalue weighted by Gasteiger charge is -2.28. The van der Waals surface area contributed by atoms with Crippen molar-refractivity contribution in [1.82, 2.24) is 10.2 Å². The summed E-state index contributed by atoms with van der Waals surface area (Å²) in [6.45, 7) is 2.65. The average molecular weight is 184 g/mol. The molecule has 0 amide bonds. The van der Waals surface area contributed by atoms with Gasteiger partial charge in [0.25, 0.3) is 0 Å². The summed E-state index contributed by atoms with van der Waals surface area (Å²) in [5, 5.41) is 12.4. The van der Waals surface area contributed by atoms with E-state index in [9.17, 15) is 0 Å². The van der Waals surface area contributed by atoms with E-state index in [4.69, 9.17) is 5.11 Å². The zero-order chi connectivity index (χ0) is 9.31. The van der Waals surface area contributed by atoms with E-state index in [2.05, 4.69) is 10.2 Å². The van der Waals surface area contributed by atoms with Gasteiger partial charge in [-0.25, -0.2) is 0 Å². The third kappa shape index (κ3) is 1.87. The van der Waals surface area contributed by atoms with Gasteiger partial charge in [-0.15, -0.1) is 0 Å². The molecule has 0 bridgehead atoms. The largest absolute Gasteiger partial charge is 0.396 e. The van der Waals surface area contributed by atoms with E-state index < -0.39 is 0 Å². The average Bonchev–Trinajstić information content (AvgIpc) is 2.90. The molecule has 0 aromatic heterocycles. The molecule has 2 fully saturated rings. The first-order valence-corrected chi connectivity index (χ1v) is 5.33. The van der Waals surface area contributed by atoms with Crippen LogP contribution in [0.15, 0.2) is 0 Å². The van der Waals surface area contributed by atoms with E-state index in [1.54, 1.807) is 0 Å². The zero-order valence-corrected chi connectivity index (χ0v) is 8.42. The topological polar surface area (TPSA) is 35.5 Å². The molecule has 2 rings (SSSR count). The molecule has 0 spiro atoms. The van der Waals surface area contributed by atoms with Crippen molar-refractivity contribution in [2.24, 2.45) is 0 Å². The van der Waals surface area contributed by atoms with Crippen molar-refractivity contribution >= 4 is 0 Å². The summed E-state index contributed by atoms with van der Waals surface area (Å²) in [5.74, 6) is 0. The Bertz CT molecular complexity index is 182. The second kappa shape index (κ2) is 3.56. The zero-order valence-electron chi connectivity index (χ0n) is 8.42. The highest BCUT2D eigenvalue weighted by atomic mass is 16.3. The van der Waals surface area contributed by atoms with Crippen LogP contribution >= 0.6 is 0 Å². The predicted octanol–water partition coefficient (Wildman–Crippen LogP) is 0.195. The van der Waals surface area contributed by atoms with Gasteiger partial charge in [0, 0.05) is 31.3 Å². The molecule has 1 saturated heterocycles. The summed E-state index contributed by atoms with van der Waals surface area (Å²) in [7, 11) is 2.02. The Morgan fingerprint density at radius 2 is 2.31 bits per heavy atom. The lowest BCUT2D eigenvalue weighted by atomic mass is 9.95. The molecule has 0 radical (unpaired) electrons. The summed E-state index contributed by atoms with van der Waals surface area (Å²) in [6, 6.07) is 0.869. The SMILES string of the molecule is CNC1(CCO)CCN(C2CC2)C1. The number of nitrogens with one attached hydrogen (secondary N) is 1. The minimum Gasteiger partial charge on any atom is -0.396 e. The first-order valence-electron chi connectivity index (χ1n) is 5.33. The molecule has 1 aliphatic carbocycles. The maximum atomic E-state index is 9.00. The summed E-state index contributed by atoms with van der Waals surface area (Å²) in [4.78, 5) is 2.58. The van der Waals surface area contributed by atoms with Gasteiger partial charge in [-0.1, -0.05) is 0 Å². The van der Waals surface area contributed by atoms with Crippen molar-refractivity contribution in [2.75, 3.05) is 26.7 Å². The summed E-state index contributed by atoms with van der Waals surface area (Å²) in [5.41, 5.74) is 0.206. The predicted molar refractivity (Wildman–Crippen MR) is 52.7 cm³/mol. The highest BCUT2D eigenvalue weighted by Crippen LogP contribution is 2.34. The van der Waals surface area contributed by atoms with Gasteiger partial charge in [0.1, 0.15) is 0 Å². The normalized spacial score (nSPS) is 35.5. The number of likely N-dealkylation sites (tertiary alicyclic amines) is 1. The Labute approximate surface area is 80.1 Å². The molecular formula is C10H20N2O. The molecule has 3 heteroatoms. The number of hydrogen-bond donors (Lipinski definition) is 2. The van der Waals surface area contributed by atoms with Crippen molar-refractivity contribution in [3.05, 3.63) is 0 Å². The molecule has 13 heavy (non-hydrogen) atoms. The van der Waals surface area contributed by atoms with E-state index in [1.165, 1.54) is 25.8 Å². The molecular weight excluding hydrogens is 164 g/mol. The number of aliphatic hydroxyl groups is 1. The van der Waals surface area contributed by atoms with Crippen LogP contribution in [0.25, 0.3) is 0 Å². The second-order valence-corrected chi connectivity index (χ2v) is 4.46. The van der Waals surface area contributed by atoms with E-state index >= 15 is 0 Å². The summed E-state index contributed by atoms with van der Waals surface area (Å²) in [6.07, 6.45) is 4.87. The van der Waals surface area contributed by atoms with Gasteiger partial charge in [-0.2, -0.15) is 0 Å². The second-order valence-electron chi connectivity index (χ2n) is 4.46. The monoisotopic (exact) mass is 184 g/mol. The molecule has 0 aromatic rings. The van der Waals surface area contributed by atoms with Crippen molar-refractivity contribution in [3.63, 3.8) is 0 Å². The van der Waals surface area contributed by atoms with Crippen molar-refractivity contribution in [3.8, 4) is 0 Å². The molecule has 1 aliphatic heterocycles. The minimum atomic E-state index is 0.206.